The summed E-state index contributed by atoms with van der Waals surface area (Å²) in [6.07, 6.45) is -5.76. The van der Waals surface area contributed by atoms with Crippen molar-refractivity contribution in [3.8, 4) is 0 Å². The number of nitrogens with zero attached hydrogens (tertiary/aromatic N) is 4. The van der Waals surface area contributed by atoms with Crippen LogP contribution in [0.3, 0.4) is 0 Å². The standard InChI is InChI=1S/C12H14ClF3N4O3/c1-7-9(13)10(12(14,15)16)17-20(7)6-8(21)18-2-4-19(5-3-18)11(22)23/h2-6H2,1H3,(H,22,23). The maximum absolute atomic E-state index is 12.7. The summed E-state index contributed by atoms with van der Waals surface area (Å²) in [6.45, 7) is 1.66. The van der Waals surface area contributed by atoms with Crippen LogP contribution >= 0.6 is 11.6 Å². The van der Waals surface area contributed by atoms with Crippen LogP contribution in [0, 0.1) is 6.92 Å². The number of carbonyl (C=O) groups excluding carboxylic acids is 1. The van der Waals surface area contributed by atoms with Gasteiger partial charge in [-0.15, -0.1) is 0 Å². The van der Waals surface area contributed by atoms with E-state index in [0.717, 1.165) is 4.68 Å². The van der Waals surface area contributed by atoms with Crippen LogP contribution in [-0.4, -0.2) is 62.9 Å². The van der Waals surface area contributed by atoms with Crippen LogP contribution in [0.5, 0.6) is 0 Å². The van der Waals surface area contributed by atoms with E-state index in [9.17, 15) is 22.8 Å². The van der Waals surface area contributed by atoms with E-state index in [2.05, 4.69) is 5.10 Å². The lowest BCUT2D eigenvalue weighted by Crippen LogP contribution is -2.51. The number of rotatable bonds is 2. The molecule has 23 heavy (non-hydrogen) atoms. The second-order valence-electron chi connectivity index (χ2n) is 5.05. The van der Waals surface area contributed by atoms with Crippen molar-refractivity contribution in [3.63, 3.8) is 0 Å². The summed E-state index contributed by atoms with van der Waals surface area (Å²) in [5.74, 6) is -0.439. The lowest BCUT2D eigenvalue weighted by Gasteiger charge is -2.33. The molecule has 1 saturated heterocycles. The van der Waals surface area contributed by atoms with Gasteiger partial charge in [0.05, 0.1) is 10.7 Å². The number of halogens is 4. The average Bonchev–Trinajstić information content (AvgIpc) is 2.75. The molecule has 128 valence electrons. The van der Waals surface area contributed by atoms with Gasteiger partial charge in [0.25, 0.3) is 0 Å². The van der Waals surface area contributed by atoms with Gasteiger partial charge in [-0.05, 0) is 6.92 Å². The smallest absolute Gasteiger partial charge is 0.436 e. The third-order valence-corrected chi connectivity index (χ3v) is 4.04. The molecular formula is C12H14ClF3N4O3. The summed E-state index contributed by atoms with van der Waals surface area (Å²) < 4.78 is 39.1. The highest BCUT2D eigenvalue weighted by atomic mass is 35.5. The van der Waals surface area contributed by atoms with Crippen LogP contribution in [0.15, 0.2) is 0 Å². The Hall–Kier alpha value is -1.97. The van der Waals surface area contributed by atoms with Crippen molar-refractivity contribution in [3.05, 3.63) is 16.4 Å². The molecule has 0 unspecified atom stereocenters. The van der Waals surface area contributed by atoms with Crippen molar-refractivity contribution in [2.75, 3.05) is 26.2 Å². The SMILES string of the molecule is Cc1c(Cl)c(C(F)(F)F)nn1CC(=O)N1CCN(C(=O)O)CC1. The first-order chi connectivity index (χ1) is 10.6. The Labute approximate surface area is 134 Å². The zero-order valence-corrected chi connectivity index (χ0v) is 12.9. The number of hydrogen-bond donors (Lipinski definition) is 1. The lowest BCUT2D eigenvalue weighted by atomic mass is 10.3. The average molecular weight is 355 g/mol. The van der Waals surface area contributed by atoms with Gasteiger partial charge in [-0.25, -0.2) is 4.79 Å². The monoisotopic (exact) mass is 354 g/mol. The molecule has 1 aromatic rings. The van der Waals surface area contributed by atoms with Crippen molar-refractivity contribution in [2.24, 2.45) is 0 Å². The molecule has 0 saturated carbocycles. The van der Waals surface area contributed by atoms with Gasteiger partial charge in [-0.3, -0.25) is 9.48 Å². The Balaban J connectivity index is 2.06. The summed E-state index contributed by atoms with van der Waals surface area (Å²) >= 11 is 5.62. The molecule has 0 atom stereocenters. The van der Waals surface area contributed by atoms with Gasteiger partial charge in [0.15, 0.2) is 5.69 Å². The van der Waals surface area contributed by atoms with E-state index in [0.29, 0.717) is 0 Å². The fraction of sp³-hybridized carbons (Fsp3) is 0.583. The van der Waals surface area contributed by atoms with Gasteiger partial charge < -0.3 is 14.9 Å². The Morgan fingerprint density at radius 3 is 2.17 bits per heavy atom. The summed E-state index contributed by atoms with van der Waals surface area (Å²) in [6, 6.07) is 0. The number of carboxylic acid groups (broad SMARTS) is 1. The molecule has 0 spiro atoms. The maximum Gasteiger partial charge on any atom is 0.436 e. The highest BCUT2D eigenvalue weighted by Crippen LogP contribution is 2.35. The van der Waals surface area contributed by atoms with E-state index in [1.54, 1.807) is 0 Å². The summed E-state index contributed by atoms with van der Waals surface area (Å²) in [4.78, 5) is 25.5. The first-order valence-electron chi connectivity index (χ1n) is 6.67. The molecule has 0 radical (unpaired) electrons. The highest BCUT2D eigenvalue weighted by Gasteiger charge is 2.38. The molecular weight excluding hydrogens is 341 g/mol. The number of hydrogen-bond acceptors (Lipinski definition) is 3. The van der Waals surface area contributed by atoms with Gasteiger partial charge in [0.2, 0.25) is 5.91 Å². The number of piperazine rings is 1. The van der Waals surface area contributed by atoms with E-state index in [1.807, 2.05) is 0 Å². The minimum Gasteiger partial charge on any atom is -0.465 e. The van der Waals surface area contributed by atoms with E-state index >= 15 is 0 Å². The normalized spacial score (nSPS) is 15.9. The van der Waals surface area contributed by atoms with E-state index in [1.165, 1.54) is 16.7 Å². The minimum atomic E-state index is -4.69. The second-order valence-corrected chi connectivity index (χ2v) is 5.43. The molecule has 7 nitrogen and oxygen atoms in total. The second kappa shape index (κ2) is 6.26. The van der Waals surface area contributed by atoms with Crippen LogP contribution in [0.1, 0.15) is 11.4 Å². The number of carbonyl (C=O) groups is 2. The van der Waals surface area contributed by atoms with Gasteiger partial charge >= 0.3 is 12.3 Å². The Morgan fingerprint density at radius 2 is 1.74 bits per heavy atom. The predicted octanol–water partition coefficient (Wildman–Crippen LogP) is 1.69. The van der Waals surface area contributed by atoms with Crippen LogP contribution in [0.4, 0.5) is 18.0 Å². The molecule has 1 aliphatic rings. The van der Waals surface area contributed by atoms with Crippen LogP contribution in [0.2, 0.25) is 5.02 Å². The molecule has 0 aliphatic carbocycles. The third kappa shape index (κ3) is 3.69. The number of aromatic nitrogens is 2. The van der Waals surface area contributed by atoms with Gasteiger partial charge in [0, 0.05) is 26.2 Å². The number of alkyl halides is 3. The van der Waals surface area contributed by atoms with Crippen LogP contribution in [-0.2, 0) is 17.5 Å². The third-order valence-electron chi connectivity index (χ3n) is 3.59. The Bertz CT molecular complexity index is 624. The van der Waals surface area contributed by atoms with Crippen molar-refractivity contribution in [2.45, 2.75) is 19.6 Å². The molecule has 11 heteroatoms. The lowest BCUT2D eigenvalue weighted by molar-refractivity contribution is -0.142. The molecule has 2 heterocycles. The van der Waals surface area contributed by atoms with Crippen LogP contribution < -0.4 is 0 Å². The van der Waals surface area contributed by atoms with Gasteiger partial charge in [-0.1, -0.05) is 11.6 Å². The molecule has 1 N–H and O–H groups in total. The molecule has 1 aliphatic heterocycles. The quantitative estimate of drug-likeness (QED) is 0.876. The highest BCUT2D eigenvalue weighted by molar-refractivity contribution is 6.32. The fourth-order valence-electron chi connectivity index (χ4n) is 2.23. The summed E-state index contributed by atoms with van der Waals surface area (Å²) in [5, 5.41) is 11.7. The largest absolute Gasteiger partial charge is 0.465 e. The van der Waals surface area contributed by atoms with E-state index in [-0.39, 0.29) is 38.4 Å². The summed E-state index contributed by atoms with van der Waals surface area (Å²) in [5.41, 5.74) is -1.17. The fourth-order valence-corrected chi connectivity index (χ4v) is 2.48. The van der Waals surface area contributed by atoms with Gasteiger partial charge in [-0.2, -0.15) is 18.3 Å². The molecule has 2 amide bonds. The van der Waals surface area contributed by atoms with Crippen molar-refractivity contribution in [1.29, 1.82) is 0 Å². The topological polar surface area (TPSA) is 78.7 Å². The zero-order chi connectivity index (χ0) is 17.4. The molecule has 1 fully saturated rings. The molecule has 0 bridgehead atoms. The van der Waals surface area contributed by atoms with Crippen molar-refractivity contribution < 1.29 is 27.9 Å². The zero-order valence-electron chi connectivity index (χ0n) is 12.1. The molecule has 2 rings (SSSR count). The Morgan fingerprint density at radius 1 is 1.22 bits per heavy atom. The molecule has 1 aromatic heterocycles. The number of amides is 2. The van der Waals surface area contributed by atoms with E-state index < -0.39 is 28.9 Å². The predicted molar refractivity (Wildman–Crippen MR) is 73.2 cm³/mol. The summed E-state index contributed by atoms with van der Waals surface area (Å²) in [7, 11) is 0. The first kappa shape index (κ1) is 17.4. The minimum absolute atomic E-state index is 0.0523. The van der Waals surface area contributed by atoms with E-state index in [4.69, 9.17) is 16.7 Å². The Kier molecular flexibility index (Phi) is 4.73. The van der Waals surface area contributed by atoms with Crippen LogP contribution in [0.25, 0.3) is 0 Å². The van der Waals surface area contributed by atoms with Gasteiger partial charge in [0.1, 0.15) is 6.54 Å². The maximum atomic E-state index is 12.7. The first-order valence-corrected chi connectivity index (χ1v) is 7.04. The van der Waals surface area contributed by atoms with Crippen molar-refractivity contribution in [1.82, 2.24) is 19.6 Å². The molecule has 0 aromatic carbocycles. The van der Waals surface area contributed by atoms with Crippen molar-refractivity contribution >= 4 is 23.6 Å².